The fourth-order valence-corrected chi connectivity index (χ4v) is 5.03. The van der Waals surface area contributed by atoms with Gasteiger partial charge in [-0.2, -0.15) is 4.37 Å². The van der Waals surface area contributed by atoms with Crippen LogP contribution in [-0.4, -0.2) is 50.6 Å². The van der Waals surface area contributed by atoms with E-state index in [0.717, 1.165) is 53.2 Å². The van der Waals surface area contributed by atoms with Crippen LogP contribution in [0, 0.1) is 12.8 Å². The molecule has 0 aliphatic carbocycles. The van der Waals surface area contributed by atoms with Crippen molar-refractivity contribution in [2.45, 2.75) is 26.3 Å². The molecule has 3 aromatic heterocycles. The Labute approximate surface area is 209 Å². The van der Waals surface area contributed by atoms with Crippen LogP contribution in [0.2, 0.25) is 0 Å². The minimum absolute atomic E-state index is 0.0391. The van der Waals surface area contributed by atoms with Crippen molar-refractivity contribution in [2.75, 3.05) is 26.7 Å². The molecule has 1 saturated heterocycles. The second kappa shape index (κ2) is 10.5. The van der Waals surface area contributed by atoms with Crippen LogP contribution < -0.4 is 10.3 Å². The van der Waals surface area contributed by atoms with Crippen molar-refractivity contribution in [2.24, 2.45) is 5.92 Å². The second-order valence-corrected chi connectivity index (χ2v) is 10.0. The highest BCUT2D eigenvalue weighted by Gasteiger charge is 2.17. The van der Waals surface area contributed by atoms with E-state index in [1.807, 2.05) is 49.5 Å². The second-order valence-electron chi connectivity index (χ2n) is 9.22. The lowest BCUT2D eigenvalue weighted by molar-refractivity contribution is 0.159. The van der Waals surface area contributed by atoms with E-state index < -0.39 is 0 Å². The van der Waals surface area contributed by atoms with Gasteiger partial charge in [-0.15, -0.1) is 0 Å². The van der Waals surface area contributed by atoms with E-state index in [-0.39, 0.29) is 5.56 Å². The lowest BCUT2D eigenvalue weighted by atomic mass is 9.98. The van der Waals surface area contributed by atoms with Gasteiger partial charge < -0.3 is 14.2 Å². The molecule has 0 atom stereocenters. The van der Waals surface area contributed by atoms with E-state index in [9.17, 15) is 4.79 Å². The molecule has 1 aliphatic heterocycles. The zero-order valence-electron chi connectivity index (χ0n) is 20.1. The van der Waals surface area contributed by atoms with Crippen LogP contribution >= 0.6 is 11.5 Å². The first-order chi connectivity index (χ1) is 17.0. The lowest BCUT2D eigenvalue weighted by Gasteiger charge is -2.28. The molecule has 5 rings (SSSR count). The van der Waals surface area contributed by atoms with Gasteiger partial charge in [0.25, 0.3) is 5.56 Å². The number of nitrogens with zero attached hydrogens (tertiary/aromatic N) is 5. The van der Waals surface area contributed by atoms with Crippen LogP contribution in [0.1, 0.15) is 24.1 Å². The third kappa shape index (κ3) is 5.83. The topological polar surface area (TPSA) is 73.1 Å². The first kappa shape index (κ1) is 23.4. The number of hydrogen-bond acceptors (Lipinski definition) is 7. The minimum atomic E-state index is -0.0391. The summed E-state index contributed by atoms with van der Waals surface area (Å²) in [6.07, 6.45) is 7.72. The van der Waals surface area contributed by atoms with E-state index in [4.69, 9.17) is 4.74 Å². The monoisotopic (exact) mass is 487 g/mol. The first-order valence-corrected chi connectivity index (χ1v) is 12.7. The third-order valence-corrected chi connectivity index (χ3v) is 7.32. The molecule has 0 unspecified atom stereocenters. The summed E-state index contributed by atoms with van der Waals surface area (Å²) in [6.45, 7) is 5.40. The zero-order chi connectivity index (χ0) is 24.2. The Hall–Kier alpha value is -3.36. The minimum Gasteiger partial charge on any atom is -0.490 e. The van der Waals surface area contributed by atoms with Crippen molar-refractivity contribution in [3.8, 4) is 27.6 Å². The fraction of sp³-hybridized carbons (Fsp3) is 0.333. The molecule has 4 heterocycles. The molecule has 35 heavy (non-hydrogen) atoms. The van der Waals surface area contributed by atoms with Crippen LogP contribution in [-0.2, 0) is 6.54 Å². The number of aryl methyl sites for hydroxylation is 1. The molecule has 180 valence electrons. The van der Waals surface area contributed by atoms with Gasteiger partial charge >= 0.3 is 0 Å². The van der Waals surface area contributed by atoms with Crippen molar-refractivity contribution < 1.29 is 4.74 Å². The molecule has 0 N–H and O–H groups in total. The Morgan fingerprint density at radius 2 is 1.86 bits per heavy atom. The highest BCUT2D eigenvalue weighted by molar-refractivity contribution is 7.09. The molecule has 1 aliphatic rings. The Balaban J connectivity index is 1.27. The smallest absolute Gasteiger partial charge is 0.250 e. The number of hydrogen-bond donors (Lipinski definition) is 0. The molecule has 0 saturated carbocycles. The summed E-state index contributed by atoms with van der Waals surface area (Å²) >= 11 is 1.44. The normalized spacial score (nSPS) is 14.8. The predicted octanol–water partition coefficient (Wildman–Crippen LogP) is 4.51. The van der Waals surface area contributed by atoms with Crippen molar-refractivity contribution in [1.29, 1.82) is 0 Å². The lowest BCUT2D eigenvalue weighted by Crippen LogP contribution is -2.32. The number of aromatic nitrogens is 4. The molecule has 0 amide bonds. The number of piperidine rings is 1. The summed E-state index contributed by atoms with van der Waals surface area (Å²) in [5.74, 6) is 1.93. The van der Waals surface area contributed by atoms with Crippen molar-refractivity contribution in [3.05, 3.63) is 82.7 Å². The van der Waals surface area contributed by atoms with Crippen molar-refractivity contribution >= 4 is 11.5 Å². The van der Waals surface area contributed by atoms with Crippen LogP contribution in [0.5, 0.6) is 5.75 Å². The maximum atomic E-state index is 12.5. The molecule has 1 aromatic carbocycles. The molecular weight excluding hydrogens is 458 g/mol. The van der Waals surface area contributed by atoms with Gasteiger partial charge in [0.05, 0.1) is 36.1 Å². The van der Waals surface area contributed by atoms with E-state index in [2.05, 4.69) is 26.3 Å². The van der Waals surface area contributed by atoms with Crippen molar-refractivity contribution in [1.82, 2.24) is 23.8 Å². The molecule has 7 nitrogen and oxygen atoms in total. The average molecular weight is 488 g/mol. The maximum Gasteiger partial charge on any atom is 0.250 e. The number of ether oxygens (including phenoxy) is 1. The Bertz CT molecular complexity index is 1340. The predicted molar refractivity (Wildman–Crippen MR) is 139 cm³/mol. The first-order valence-electron chi connectivity index (χ1n) is 11.9. The Morgan fingerprint density at radius 1 is 1.06 bits per heavy atom. The van der Waals surface area contributed by atoms with E-state index in [1.54, 1.807) is 23.0 Å². The molecule has 0 bridgehead atoms. The van der Waals surface area contributed by atoms with Gasteiger partial charge in [-0.25, -0.2) is 9.97 Å². The van der Waals surface area contributed by atoms with Crippen molar-refractivity contribution in [3.63, 3.8) is 0 Å². The molecular formula is C27H29N5O2S. The molecule has 4 aromatic rings. The van der Waals surface area contributed by atoms with Gasteiger partial charge in [-0.1, -0.05) is 18.2 Å². The molecule has 8 heteroatoms. The number of benzene rings is 1. The molecule has 1 fully saturated rings. The van der Waals surface area contributed by atoms with Gasteiger partial charge in [0.1, 0.15) is 0 Å². The fourth-order valence-electron chi connectivity index (χ4n) is 4.29. The van der Waals surface area contributed by atoms with Crippen LogP contribution in [0.3, 0.4) is 0 Å². The molecule has 0 spiro atoms. The van der Waals surface area contributed by atoms with Gasteiger partial charge in [-0.05, 0) is 81.1 Å². The van der Waals surface area contributed by atoms with E-state index >= 15 is 0 Å². The quantitative estimate of drug-likeness (QED) is 0.382. The van der Waals surface area contributed by atoms with Crippen LogP contribution in [0.4, 0.5) is 0 Å². The summed E-state index contributed by atoms with van der Waals surface area (Å²) in [5, 5.41) is 0. The van der Waals surface area contributed by atoms with Gasteiger partial charge in [0, 0.05) is 23.4 Å². The summed E-state index contributed by atoms with van der Waals surface area (Å²) in [7, 11) is 2.16. The number of pyridine rings is 1. The Kier molecular flexibility index (Phi) is 7.01. The SMILES string of the molecule is Cc1cc(-c2ccc(=O)n(Cc3cccc(-c4ncc(OCC5CCN(C)CC5)cn4)c3)c2)sn1. The average Bonchev–Trinajstić information content (AvgIpc) is 3.32. The summed E-state index contributed by atoms with van der Waals surface area (Å²) in [5.41, 5.74) is 3.85. The third-order valence-electron chi connectivity index (χ3n) is 6.39. The highest BCUT2D eigenvalue weighted by Crippen LogP contribution is 2.24. The molecule has 0 radical (unpaired) electrons. The summed E-state index contributed by atoms with van der Waals surface area (Å²) in [6, 6.07) is 13.5. The number of likely N-dealkylation sites (tertiary alicyclic amines) is 1. The largest absolute Gasteiger partial charge is 0.490 e. The standard InChI is InChI=1S/C27H29N5O2S/c1-19-12-25(35-30-19)23-6-7-26(33)32(17-23)16-21-4-3-5-22(13-21)27-28-14-24(15-29-27)34-18-20-8-10-31(2)11-9-20/h3-7,12-15,17,20H,8-11,16,18H2,1-2H3. The van der Waals surface area contributed by atoms with Gasteiger partial charge in [-0.3, -0.25) is 4.79 Å². The highest BCUT2D eigenvalue weighted by atomic mass is 32.1. The summed E-state index contributed by atoms with van der Waals surface area (Å²) in [4.78, 5) is 25.0. The number of rotatable bonds is 7. The maximum absolute atomic E-state index is 12.5. The summed E-state index contributed by atoms with van der Waals surface area (Å²) < 4.78 is 12.0. The van der Waals surface area contributed by atoms with E-state index in [0.29, 0.717) is 30.6 Å². The van der Waals surface area contributed by atoms with Gasteiger partial charge in [0.15, 0.2) is 11.6 Å². The van der Waals surface area contributed by atoms with Crippen LogP contribution in [0.25, 0.3) is 21.8 Å². The zero-order valence-corrected chi connectivity index (χ0v) is 20.9. The van der Waals surface area contributed by atoms with Crippen LogP contribution in [0.15, 0.2) is 65.8 Å². The van der Waals surface area contributed by atoms with Gasteiger partial charge in [0.2, 0.25) is 0 Å². The van der Waals surface area contributed by atoms with E-state index in [1.165, 1.54) is 11.5 Å². The Morgan fingerprint density at radius 3 is 2.60 bits per heavy atom.